The van der Waals surface area contributed by atoms with Gasteiger partial charge in [0.05, 0.1) is 6.04 Å². The Kier molecular flexibility index (Phi) is 4.47. The van der Waals surface area contributed by atoms with E-state index in [1.54, 1.807) is 23.1 Å². The van der Waals surface area contributed by atoms with Crippen LogP contribution in [0.4, 0.5) is 0 Å². The molecule has 1 amide bonds. The normalized spacial score (nSPS) is 17.4. The topological polar surface area (TPSA) is 92.6 Å². The Morgan fingerprint density at radius 3 is 2.88 bits per heavy atom. The van der Waals surface area contributed by atoms with Gasteiger partial charge in [-0.2, -0.15) is 10.2 Å². The number of carbonyl (C=O) groups is 1. The van der Waals surface area contributed by atoms with Crippen molar-refractivity contribution in [3.05, 3.63) is 48.3 Å². The molecule has 1 aliphatic heterocycles. The van der Waals surface area contributed by atoms with E-state index in [-0.39, 0.29) is 11.9 Å². The molecule has 3 aromatic rings. The van der Waals surface area contributed by atoms with Crippen LogP contribution in [-0.4, -0.2) is 47.3 Å². The molecule has 1 saturated heterocycles. The second-order valence-corrected chi connectivity index (χ2v) is 6.35. The van der Waals surface area contributed by atoms with E-state index in [1.807, 2.05) is 30.2 Å². The number of likely N-dealkylation sites (tertiary alicyclic amines) is 1. The number of rotatable bonds is 4. The van der Waals surface area contributed by atoms with Gasteiger partial charge in [0.25, 0.3) is 5.91 Å². The van der Waals surface area contributed by atoms with Crippen molar-refractivity contribution >= 4 is 5.91 Å². The van der Waals surface area contributed by atoms with Gasteiger partial charge in [0.2, 0.25) is 0 Å². The maximum Gasteiger partial charge on any atom is 0.274 e. The number of aromatic nitrogens is 6. The zero-order valence-electron chi connectivity index (χ0n) is 14.7. The van der Waals surface area contributed by atoms with Gasteiger partial charge < -0.3 is 4.90 Å². The largest absolute Gasteiger partial charge is 0.327 e. The highest BCUT2D eigenvalue weighted by molar-refractivity contribution is 5.92. The van der Waals surface area contributed by atoms with Gasteiger partial charge in [-0.1, -0.05) is 0 Å². The first-order valence-corrected chi connectivity index (χ1v) is 8.93. The van der Waals surface area contributed by atoms with Crippen LogP contribution in [0.25, 0.3) is 11.4 Å². The third-order valence-electron chi connectivity index (χ3n) is 4.70. The summed E-state index contributed by atoms with van der Waals surface area (Å²) in [7, 11) is 0. The molecule has 1 unspecified atom stereocenters. The van der Waals surface area contributed by atoms with Crippen molar-refractivity contribution in [3.63, 3.8) is 0 Å². The van der Waals surface area contributed by atoms with Gasteiger partial charge in [0.15, 0.2) is 5.82 Å². The third kappa shape index (κ3) is 3.10. The summed E-state index contributed by atoms with van der Waals surface area (Å²) in [6, 6.07) is 5.41. The fourth-order valence-corrected chi connectivity index (χ4v) is 3.31. The Morgan fingerprint density at radius 1 is 1.27 bits per heavy atom. The van der Waals surface area contributed by atoms with Crippen LogP contribution in [0.1, 0.15) is 48.5 Å². The fourth-order valence-electron chi connectivity index (χ4n) is 3.31. The van der Waals surface area contributed by atoms with Crippen LogP contribution in [0, 0.1) is 0 Å². The van der Waals surface area contributed by atoms with Gasteiger partial charge in [-0.15, -0.1) is 0 Å². The van der Waals surface area contributed by atoms with E-state index in [1.165, 1.54) is 0 Å². The number of aryl methyl sites for hydroxylation is 1. The van der Waals surface area contributed by atoms with Gasteiger partial charge in [0, 0.05) is 37.2 Å². The third-order valence-corrected chi connectivity index (χ3v) is 4.70. The number of hydrogen-bond donors (Lipinski definition) is 1. The lowest BCUT2D eigenvalue weighted by Crippen LogP contribution is -2.39. The van der Waals surface area contributed by atoms with Crippen LogP contribution in [0.2, 0.25) is 0 Å². The molecule has 8 nitrogen and oxygen atoms in total. The first-order chi connectivity index (χ1) is 12.8. The highest BCUT2D eigenvalue weighted by Crippen LogP contribution is 2.30. The van der Waals surface area contributed by atoms with E-state index < -0.39 is 0 Å². The molecule has 8 heteroatoms. The van der Waals surface area contributed by atoms with Gasteiger partial charge in [-0.3, -0.25) is 19.6 Å². The minimum Gasteiger partial charge on any atom is -0.327 e. The molecule has 0 aromatic carbocycles. The quantitative estimate of drug-likeness (QED) is 0.779. The molecule has 1 aliphatic rings. The van der Waals surface area contributed by atoms with Crippen molar-refractivity contribution in [1.82, 2.24) is 34.8 Å². The van der Waals surface area contributed by atoms with E-state index in [0.29, 0.717) is 18.1 Å². The summed E-state index contributed by atoms with van der Waals surface area (Å²) in [6.45, 7) is 3.45. The van der Waals surface area contributed by atoms with E-state index in [2.05, 4.69) is 25.3 Å². The molecule has 1 N–H and O–H groups in total. The Bertz CT molecular complexity index is 886. The summed E-state index contributed by atoms with van der Waals surface area (Å²) >= 11 is 0. The minimum absolute atomic E-state index is 0.0521. The maximum atomic E-state index is 13.0. The van der Waals surface area contributed by atoms with Gasteiger partial charge in [-0.05, 0) is 44.4 Å². The number of piperidine rings is 1. The summed E-state index contributed by atoms with van der Waals surface area (Å²) < 4.78 is 1.77. The molecule has 0 radical (unpaired) electrons. The van der Waals surface area contributed by atoms with Crippen LogP contribution in [0.15, 0.2) is 36.8 Å². The molecule has 0 aliphatic carbocycles. The number of nitrogens with one attached hydrogen (secondary N) is 1. The number of aromatic amines is 1. The lowest BCUT2D eigenvalue weighted by Gasteiger charge is -2.33. The molecule has 134 valence electrons. The zero-order valence-corrected chi connectivity index (χ0v) is 14.7. The molecule has 0 bridgehead atoms. The van der Waals surface area contributed by atoms with E-state index in [4.69, 9.17) is 0 Å². The molecule has 4 heterocycles. The number of pyridine rings is 1. The fraction of sp³-hybridized carbons (Fsp3) is 0.389. The summed E-state index contributed by atoms with van der Waals surface area (Å²) in [6.07, 6.45) is 8.18. The van der Waals surface area contributed by atoms with Crippen molar-refractivity contribution in [2.24, 2.45) is 0 Å². The molecular weight excluding hydrogens is 330 g/mol. The number of H-pyrrole nitrogens is 1. The highest BCUT2D eigenvalue weighted by Gasteiger charge is 2.32. The van der Waals surface area contributed by atoms with Crippen molar-refractivity contribution in [1.29, 1.82) is 0 Å². The molecule has 0 spiro atoms. The lowest BCUT2D eigenvalue weighted by atomic mass is 10.0. The van der Waals surface area contributed by atoms with E-state index in [0.717, 1.165) is 37.2 Å². The Hall–Kier alpha value is -3.03. The van der Waals surface area contributed by atoms with Crippen molar-refractivity contribution < 1.29 is 4.79 Å². The summed E-state index contributed by atoms with van der Waals surface area (Å²) in [5, 5.41) is 11.7. The molecule has 4 rings (SSSR count). The second kappa shape index (κ2) is 7.07. The molecule has 1 atom stereocenters. The lowest BCUT2D eigenvalue weighted by molar-refractivity contribution is 0.0593. The number of nitrogens with zero attached hydrogens (tertiary/aromatic N) is 6. The number of carbonyl (C=O) groups excluding carboxylic acids is 1. The first-order valence-electron chi connectivity index (χ1n) is 8.93. The van der Waals surface area contributed by atoms with Crippen LogP contribution in [-0.2, 0) is 6.54 Å². The Balaban J connectivity index is 1.60. The standard InChI is InChI=1S/C18H21N7O/c1-2-24-12-8-14(23-24)18(26)25-11-4-3-5-15(25)17-20-16(21-22-17)13-6-9-19-10-7-13/h6-10,12,15H,2-5,11H2,1H3,(H,20,21,22). The predicted molar refractivity (Wildman–Crippen MR) is 95.1 cm³/mol. The smallest absolute Gasteiger partial charge is 0.274 e. The maximum absolute atomic E-state index is 13.0. The summed E-state index contributed by atoms with van der Waals surface area (Å²) in [5.74, 6) is 1.29. The summed E-state index contributed by atoms with van der Waals surface area (Å²) in [5.41, 5.74) is 1.38. The molecule has 26 heavy (non-hydrogen) atoms. The average molecular weight is 351 g/mol. The number of hydrogen-bond acceptors (Lipinski definition) is 5. The van der Waals surface area contributed by atoms with Crippen molar-refractivity contribution in [2.45, 2.75) is 38.8 Å². The average Bonchev–Trinajstić information content (AvgIpc) is 3.38. The highest BCUT2D eigenvalue weighted by atomic mass is 16.2. The van der Waals surface area contributed by atoms with Crippen LogP contribution >= 0.6 is 0 Å². The molecular formula is C18H21N7O. The van der Waals surface area contributed by atoms with Crippen LogP contribution < -0.4 is 0 Å². The zero-order chi connectivity index (χ0) is 17.9. The van der Waals surface area contributed by atoms with Gasteiger partial charge in [-0.25, -0.2) is 4.98 Å². The predicted octanol–water partition coefficient (Wildman–Crippen LogP) is 2.45. The van der Waals surface area contributed by atoms with E-state index >= 15 is 0 Å². The number of amides is 1. The Morgan fingerprint density at radius 2 is 2.12 bits per heavy atom. The first kappa shape index (κ1) is 16.4. The second-order valence-electron chi connectivity index (χ2n) is 6.35. The van der Waals surface area contributed by atoms with Crippen molar-refractivity contribution in [2.75, 3.05) is 6.54 Å². The van der Waals surface area contributed by atoms with Gasteiger partial charge >= 0.3 is 0 Å². The van der Waals surface area contributed by atoms with E-state index in [9.17, 15) is 4.79 Å². The van der Waals surface area contributed by atoms with Crippen molar-refractivity contribution in [3.8, 4) is 11.4 Å². The minimum atomic E-state index is -0.105. The SMILES string of the molecule is CCn1ccc(C(=O)N2CCCCC2c2nc(-c3ccncc3)n[nH]2)n1. The van der Waals surface area contributed by atoms with Gasteiger partial charge in [0.1, 0.15) is 11.5 Å². The molecule has 0 saturated carbocycles. The molecule has 1 fully saturated rings. The monoisotopic (exact) mass is 351 g/mol. The van der Waals surface area contributed by atoms with Crippen LogP contribution in [0.3, 0.4) is 0 Å². The summed E-state index contributed by atoms with van der Waals surface area (Å²) in [4.78, 5) is 23.5. The van der Waals surface area contributed by atoms with Crippen LogP contribution in [0.5, 0.6) is 0 Å². The molecule has 3 aromatic heterocycles. The Labute approximate surface area is 151 Å².